The molecule has 2 aliphatic rings. The van der Waals surface area contributed by atoms with Gasteiger partial charge in [0.15, 0.2) is 0 Å². The number of carbonyl (C=O) groups is 2. The van der Waals surface area contributed by atoms with Crippen LogP contribution in [0.25, 0.3) is 11.0 Å². The number of benzene rings is 2. The quantitative estimate of drug-likeness (QED) is 0.474. The Morgan fingerprint density at radius 1 is 1.06 bits per heavy atom. The number of carboxylic acid groups (broad SMARTS) is 1. The Balaban J connectivity index is 1.63. The largest absolute Gasteiger partial charge is 0.469 e. The van der Waals surface area contributed by atoms with Crippen molar-refractivity contribution in [2.45, 2.75) is 70.4 Å². The standard InChI is InChI=1S/C28H33N3O4/c1-17-9-14-22-23(30(17)28(33)34)15-16-24-25(22)29-26(18(2)19-7-5-4-6-8-19)31(24)21-12-10-20(11-13-21)27(32)35-3/h4-8,15-18,20-21H,9-14H2,1-3H3,(H,33,34)/t17-,18?,20?,21?/m0/s1. The van der Waals surface area contributed by atoms with Crippen LogP contribution in [0, 0.1) is 5.92 Å². The minimum Gasteiger partial charge on any atom is -0.469 e. The third-order valence-corrected chi connectivity index (χ3v) is 7.97. The molecule has 184 valence electrons. The highest BCUT2D eigenvalue weighted by Crippen LogP contribution is 2.42. The summed E-state index contributed by atoms with van der Waals surface area (Å²) in [6, 6.07) is 14.6. The minimum absolute atomic E-state index is 0.0422. The number of anilines is 1. The lowest BCUT2D eigenvalue weighted by atomic mass is 9.85. The fourth-order valence-corrected chi connectivity index (χ4v) is 6.02. The molecule has 1 saturated carbocycles. The molecular formula is C28H33N3O4. The molecule has 1 fully saturated rings. The second-order valence-corrected chi connectivity index (χ2v) is 9.97. The van der Waals surface area contributed by atoms with Crippen LogP contribution in [0.1, 0.15) is 74.9 Å². The number of methoxy groups -OCH3 is 1. The maximum atomic E-state index is 12.1. The van der Waals surface area contributed by atoms with Crippen LogP contribution in [-0.4, -0.2) is 39.9 Å². The van der Waals surface area contributed by atoms with Crippen molar-refractivity contribution >= 4 is 28.8 Å². The Kier molecular flexibility index (Phi) is 6.26. The van der Waals surface area contributed by atoms with E-state index in [4.69, 9.17) is 9.72 Å². The molecule has 1 aliphatic carbocycles. The molecule has 7 heteroatoms. The number of aryl methyl sites for hydroxylation is 1. The lowest BCUT2D eigenvalue weighted by molar-refractivity contribution is -0.146. The Morgan fingerprint density at radius 3 is 2.43 bits per heavy atom. The van der Waals surface area contributed by atoms with E-state index in [0.29, 0.717) is 0 Å². The smallest absolute Gasteiger partial charge is 0.412 e. The van der Waals surface area contributed by atoms with Crippen LogP contribution in [0.2, 0.25) is 0 Å². The number of fused-ring (bicyclic) bond motifs is 3. The number of rotatable bonds is 4. The Hall–Kier alpha value is -3.35. The molecule has 1 N–H and O–H groups in total. The fraction of sp³-hybridized carbons (Fsp3) is 0.464. The lowest BCUT2D eigenvalue weighted by Crippen LogP contribution is -2.41. The van der Waals surface area contributed by atoms with E-state index in [9.17, 15) is 14.7 Å². The van der Waals surface area contributed by atoms with Gasteiger partial charge < -0.3 is 14.4 Å². The molecule has 3 aromatic rings. The maximum Gasteiger partial charge on any atom is 0.412 e. The summed E-state index contributed by atoms with van der Waals surface area (Å²) in [6.45, 7) is 4.15. The first-order valence-corrected chi connectivity index (χ1v) is 12.6. The molecule has 0 saturated heterocycles. The van der Waals surface area contributed by atoms with Gasteiger partial charge in [0.2, 0.25) is 0 Å². The van der Waals surface area contributed by atoms with Crippen molar-refractivity contribution in [3.05, 3.63) is 59.4 Å². The van der Waals surface area contributed by atoms with Gasteiger partial charge >= 0.3 is 12.1 Å². The number of carbonyl (C=O) groups excluding carboxylic acids is 1. The van der Waals surface area contributed by atoms with Crippen molar-refractivity contribution in [1.82, 2.24) is 9.55 Å². The zero-order valence-electron chi connectivity index (χ0n) is 20.6. The molecule has 2 heterocycles. The number of esters is 1. The van der Waals surface area contributed by atoms with Crippen molar-refractivity contribution in [3.63, 3.8) is 0 Å². The molecule has 1 aliphatic heterocycles. The van der Waals surface area contributed by atoms with Gasteiger partial charge in [-0.15, -0.1) is 0 Å². The number of aromatic nitrogens is 2. The number of amides is 1. The van der Waals surface area contributed by atoms with Gasteiger partial charge in [-0.1, -0.05) is 37.3 Å². The van der Waals surface area contributed by atoms with Crippen molar-refractivity contribution in [3.8, 4) is 0 Å². The Morgan fingerprint density at radius 2 is 1.77 bits per heavy atom. The maximum absolute atomic E-state index is 12.1. The van der Waals surface area contributed by atoms with Gasteiger partial charge in [-0.3, -0.25) is 9.69 Å². The summed E-state index contributed by atoms with van der Waals surface area (Å²) in [5, 5.41) is 9.88. The van der Waals surface area contributed by atoms with E-state index in [2.05, 4.69) is 23.6 Å². The van der Waals surface area contributed by atoms with E-state index in [1.54, 1.807) is 0 Å². The zero-order chi connectivity index (χ0) is 24.7. The SMILES string of the molecule is COC(=O)C1CCC(n2c(C(C)c3ccccc3)nc3c4c(ccc32)N(C(=O)O)[C@@H](C)CC4)CC1. The number of ether oxygens (including phenoxy) is 1. The summed E-state index contributed by atoms with van der Waals surface area (Å²) < 4.78 is 7.37. The van der Waals surface area contributed by atoms with Gasteiger partial charge in [0.25, 0.3) is 0 Å². The first kappa shape index (κ1) is 23.4. The summed E-state index contributed by atoms with van der Waals surface area (Å²) >= 11 is 0. The van der Waals surface area contributed by atoms with Crippen LogP contribution < -0.4 is 4.90 Å². The monoisotopic (exact) mass is 475 g/mol. The van der Waals surface area contributed by atoms with E-state index in [-0.39, 0.29) is 29.9 Å². The van der Waals surface area contributed by atoms with Crippen LogP contribution in [0.3, 0.4) is 0 Å². The van der Waals surface area contributed by atoms with Crippen LogP contribution in [0.5, 0.6) is 0 Å². The summed E-state index contributed by atoms with van der Waals surface area (Å²) in [6.07, 6.45) is 4.03. The average molecular weight is 476 g/mol. The van der Waals surface area contributed by atoms with Crippen LogP contribution in [-0.2, 0) is 16.0 Å². The zero-order valence-corrected chi connectivity index (χ0v) is 20.6. The fourth-order valence-electron chi connectivity index (χ4n) is 6.02. The van der Waals surface area contributed by atoms with Gasteiger partial charge in [0.1, 0.15) is 5.82 Å². The second-order valence-electron chi connectivity index (χ2n) is 9.97. The van der Waals surface area contributed by atoms with Crippen LogP contribution >= 0.6 is 0 Å². The predicted molar refractivity (Wildman–Crippen MR) is 135 cm³/mol. The molecule has 0 bridgehead atoms. The topological polar surface area (TPSA) is 84.7 Å². The number of hydrogen-bond acceptors (Lipinski definition) is 4. The van der Waals surface area contributed by atoms with E-state index in [1.165, 1.54) is 17.6 Å². The Labute approximate surface area is 205 Å². The molecule has 7 nitrogen and oxygen atoms in total. The van der Waals surface area contributed by atoms with Gasteiger partial charge in [-0.2, -0.15) is 0 Å². The van der Waals surface area contributed by atoms with Crippen LogP contribution in [0.15, 0.2) is 42.5 Å². The number of nitrogens with zero attached hydrogens (tertiary/aromatic N) is 3. The normalized spacial score (nSPS) is 23.1. The third kappa shape index (κ3) is 4.07. The predicted octanol–water partition coefficient (Wildman–Crippen LogP) is 5.91. The average Bonchev–Trinajstić information content (AvgIpc) is 3.27. The summed E-state index contributed by atoms with van der Waals surface area (Å²) in [5.41, 5.74) is 4.94. The molecule has 2 atom stereocenters. The highest BCUT2D eigenvalue weighted by atomic mass is 16.5. The van der Waals surface area contributed by atoms with Crippen molar-refractivity contribution < 1.29 is 19.4 Å². The van der Waals surface area contributed by atoms with E-state index in [1.807, 2.05) is 37.3 Å². The van der Waals surface area contributed by atoms with Crippen molar-refractivity contribution in [1.29, 1.82) is 0 Å². The van der Waals surface area contributed by atoms with Gasteiger partial charge in [0, 0.05) is 23.6 Å². The van der Waals surface area contributed by atoms with Crippen molar-refractivity contribution in [2.24, 2.45) is 5.92 Å². The number of hydrogen-bond donors (Lipinski definition) is 1. The molecule has 0 spiro atoms. The molecular weight excluding hydrogens is 442 g/mol. The molecule has 1 amide bonds. The number of imidazole rings is 1. The lowest BCUT2D eigenvalue weighted by Gasteiger charge is -2.33. The minimum atomic E-state index is -0.920. The Bertz CT molecular complexity index is 1240. The van der Waals surface area contributed by atoms with E-state index < -0.39 is 6.09 Å². The van der Waals surface area contributed by atoms with Crippen LogP contribution in [0.4, 0.5) is 10.5 Å². The molecule has 0 radical (unpaired) electrons. The molecule has 5 rings (SSSR count). The highest BCUT2D eigenvalue weighted by Gasteiger charge is 2.34. The molecule has 1 aromatic heterocycles. The summed E-state index contributed by atoms with van der Waals surface area (Å²) in [5.74, 6) is 0.922. The molecule has 2 aromatic carbocycles. The molecule has 1 unspecified atom stereocenters. The van der Waals surface area contributed by atoms with Gasteiger partial charge in [-0.05, 0) is 63.1 Å². The van der Waals surface area contributed by atoms with Gasteiger partial charge in [-0.25, -0.2) is 9.78 Å². The first-order chi connectivity index (χ1) is 16.9. The molecule has 35 heavy (non-hydrogen) atoms. The van der Waals surface area contributed by atoms with E-state index in [0.717, 1.165) is 66.6 Å². The summed E-state index contributed by atoms with van der Waals surface area (Å²) in [4.78, 5) is 30.9. The summed E-state index contributed by atoms with van der Waals surface area (Å²) in [7, 11) is 1.46. The third-order valence-electron chi connectivity index (χ3n) is 7.97. The second kappa shape index (κ2) is 9.36. The van der Waals surface area contributed by atoms with E-state index >= 15 is 0 Å². The highest BCUT2D eigenvalue weighted by molar-refractivity contribution is 5.94. The first-order valence-electron chi connectivity index (χ1n) is 12.6. The van der Waals surface area contributed by atoms with Crippen molar-refractivity contribution in [2.75, 3.05) is 12.0 Å². The van der Waals surface area contributed by atoms with Gasteiger partial charge in [0.05, 0.1) is 29.7 Å².